The van der Waals surface area contributed by atoms with Crippen LogP contribution >= 0.6 is 0 Å². The van der Waals surface area contributed by atoms with E-state index in [0.29, 0.717) is 40.6 Å². The highest BCUT2D eigenvalue weighted by Crippen LogP contribution is 2.40. The number of hydrogen-bond acceptors (Lipinski definition) is 7. The number of methoxy groups -OCH3 is 2. The molecule has 1 aliphatic rings. The van der Waals surface area contributed by atoms with Crippen LogP contribution in [0.4, 0.5) is 0 Å². The lowest BCUT2D eigenvalue weighted by atomic mass is 9.84. The van der Waals surface area contributed by atoms with Crippen molar-refractivity contribution in [3.05, 3.63) is 59.3 Å². The third-order valence-electron chi connectivity index (χ3n) is 8.87. The molecule has 0 spiro atoms. The van der Waals surface area contributed by atoms with Crippen molar-refractivity contribution in [2.45, 2.75) is 64.3 Å². The third kappa shape index (κ3) is 8.32. The molecule has 11 heteroatoms. The molecular weight excluding hydrogens is 598 g/mol. The van der Waals surface area contributed by atoms with Crippen LogP contribution < -0.4 is 14.8 Å². The predicted molar refractivity (Wildman–Crippen MR) is 182 cm³/mol. The quantitative estimate of drug-likeness (QED) is 0.236. The Balaban J connectivity index is 1.81. The van der Waals surface area contributed by atoms with Crippen LogP contribution in [-0.2, 0) is 4.79 Å². The number of aromatic nitrogens is 2. The Kier molecular flexibility index (Phi) is 12.0. The lowest BCUT2D eigenvalue weighted by Gasteiger charge is -2.27. The maximum absolute atomic E-state index is 13.7. The normalized spacial score (nSPS) is 14.2. The molecule has 1 aliphatic carbocycles. The zero-order chi connectivity index (χ0) is 34.2. The molecular formula is C36H49N5O6. The van der Waals surface area contributed by atoms with Crippen LogP contribution in [0.5, 0.6) is 11.5 Å². The summed E-state index contributed by atoms with van der Waals surface area (Å²) in [6.07, 6.45) is 5.32. The van der Waals surface area contributed by atoms with Crippen LogP contribution in [0.25, 0.3) is 16.9 Å². The average molecular weight is 648 g/mol. The Bertz CT molecular complexity index is 1540. The summed E-state index contributed by atoms with van der Waals surface area (Å²) >= 11 is 0. The number of aliphatic carboxylic acids is 1. The number of amides is 2. The van der Waals surface area contributed by atoms with Crippen molar-refractivity contribution in [2.24, 2.45) is 5.92 Å². The highest BCUT2D eigenvalue weighted by molar-refractivity contribution is 5.97. The van der Waals surface area contributed by atoms with E-state index in [1.54, 1.807) is 48.1 Å². The van der Waals surface area contributed by atoms with Gasteiger partial charge in [-0.25, -0.2) is 9.48 Å². The van der Waals surface area contributed by atoms with Gasteiger partial charge in [0, 0.05) is 19.2 Å². The molecule has 4 rings (SSSR count). The predicted octanol–water partition coefficient (Wildman–Crippen LogP) is 5.47. The zero-order valence-electron chi connectivity index (χ0n) is 28.7. The van der Waals surface area contributed by atoms with Crippen molar-refractivity contribution in [3.63, 3.8) is 0 Å². The molecule has 0 radical (unpaired) electrons. The maximum Gasteiger partial charge on any atom is 0.326 e. The Labute approximate surface area is 277 Å². The van der Waals surface area contributed by atoms with E-state index >= 15 is 0 Å². The summed E-state index contributed by atoms with van der Waals surface area (Å²) in [5.41, 5.74) is 3.26. The summed E-state index contributed by atoms with van der Waals surface area (Å²) in [5.74, 6) is -0.820. The van der Waals surface area contributed by atoms with E-state index in [0.717, 1.165) is 50.6 Å². The number of nitrogens with zero attached hydrogens (tertiary/aromatic N) is 4. The Morgan fingerprint density at radius 1 is 0.979 bits per heavy atom. The summed E-state index contributed by atoms with van der Waals surface area (Å²) in [5, 5.41) is 17.6. The number of benzene rings is 2. The monoisotopic (exact) mass is 647 g/mol. The van der Waals surface area contributed by atoms with Crippen LogP contribution in [0.3, 0.4) is 0 Å². The second kappa shape index (κ2) is 15.9. The second-order valence-corrected chi connectivity index (χ2v) is 12.9. The number of carbonyl (C=O) groups excluding carboxylic acids is 2. The molecule has 0 unspecified atom stereocenters. The first-order chi connectivity index (χ1) is 22.5. The molecule has 47 heavy (non-hydrogen) atoms. The Morgan fingerprint density at radius 2 is 1.64 bits per heavy atom. The van der Waals surface area contributed by atoms with Crippen LogP contribution in [-0.4, -0.2) is 97.0 Å². The molecule has 1 atom stereocenters. The molecule has 1 heterocycles. The molecule has 0 bridgehead atoms. The van der Waals surface area contributed by atoms with Gasteiger partial charge in [0.25, 0.3) is 11.8 Å². The van der Waals surface area contributed by atoms with Gasteiger partial charge < -0.3 is 29.7 Å². The van der Waals surface area contributed by atoms with E-state index in [1.807, 2.05) is 53.2 Å². The van der Waals surface area contributed by atoms with Crippen LogP contribution in [0, 0.1) is 5.92 Å². The van der Waals surface area contributed by atoms with Crippen LogP contribution in [0.2, 0.25) is 0 Å². The fourth-order valence-corrected chi connectivity index (χ4v) is 6.31. The minimum atomic E-state index is -1.05. The van der Waals surface area contributed by atoms with Crippen molar-refractivity contribution < 1.29 is 29.0 Å². The number of carboxylic acid groups (broad SMARTS) is 1. The molecule has 0 aliphatic heterocycles. The molecule has 1 aromatic heterocycles. The van der Waals surface area contributed by atoms with Gasteiger partial charge in [0.05, 0.1) is 31.2 Å². The van der Waals surface area contributed by atoms with Gasteiger partial charge in [-0.3, -0.25) is 9.59 Å². The summed E-state index contributed by atoms with van der Waals surface area (Å²) in [6.45, 7) is 5.58. The summed E-state index contributed by atoms with van der Waals surface area (Å²) < 4.78 is 13.1. The van der Waals surface area contributed by atoms with E-state index in [1.165, 1.54) is 0 Å². The Hall–Kier alpha value is -4.38. The minimum absolute atomic E-state index is 0.00613. The van der Waals surface area contributed by atoms with Gasteiger partial charge >= 0.3 is 5.97 Å². The molecule has 1 saturated carbocycles. The third-order valence-corrected chi connectivity index (χ3v) is 8.87. The van der Waals surface area contributed by atoms with Crippen molar-refractivity contribution >= 4 is 17.8 Å². The van der Waals surface area contributed by atoms with E-state index in [4.69, 9.17) is 14.6 Å². The van der Waals surface area contributed by atoms with Gasteiger partial charge in [0.1, 0.15) is 17.5 Å². The van der Waals surface area contributed by atoms with Crippen LogP contribution in [0.1, 0.15) is 84.7 Å². The molecule has 0 saturated heterocycles. The Morgan fingerprint density at radius 3 is 2.21 bits per heavy atom. The van der Waals surface area contributed by atoms with Crippen molar-refractivity contribution in [2.75, 3.05) is 48.5 Å². The second-order valence-electron chi connectivity index (χ2n) is 12.9. The number of rotatable bonds is 14. The van der Waals surface area contributed by atoms with Crippen LogP contribution in [0.15, 0.2) is 42.5 Å². The molecule has 3 aromatic rings. The first-order valence-corrected chi connectivity index (χ1v) is 16.4. The van der Waals surface area contributed by atoms with Gasteiger partial charge in [-0.15, -0.1) is 0 Å². The molecule has 2 N–H and O–H groups in total. The first kappa shape index (κ1) is 35.5. The first-order valence-electron chi connectivity index (χ1n) is 16.4. The summed E-state index contributed by atoms with van der Waals surface area (Å²) in [6, 6.07) is 11.6. The fraction of sp³-hybridized carbons (Fsp3) is 0.500. The highest BCUT2D eigenvalue weighted by Gasteiger charge is 2.32. The minimum Gasteiger partial charge on any atom is -0.496 e. The number of hydrogen-bond donors (Lipinski definition) is 2. The molecule has 2 amide bonds. The van der Waals surface area contributed by atoms with Gasteiger partial charge in [-0.1, -0.05) is 39.2 Å². The average Bonchev–Trinajstić information content (AvgIpc) is 3.51. The van der Waals surface area contributed by atoms with Gasteiger partial charge in [-0.2, -0.15) is 5.10 Å². The number of nitrogens with one attached hydrogen (secondary N) is 1. The zero-order valence-corrected chi connectivity index (χ0v) is 28.7. The van der Waals surface area contributed by atoms with Gasteiger partial charge in [0.2, 0.25) is 0 Å². The fourth-order valence-electron chi connectivity index (χ4n) is 6.31. The highest BCUT2D eigenvalue weighted by atomic mass is 16.5. The van der Waals surface area contributed by atoms with Gasteiger partial charge in [-0.05, 0) is 93.7 Å². The smallest absolute Gasteiger partial charge is 0.326 e. The standard InChI is InChI=1S/C36H49N5O6/c1-23(2)26-21-25(35(43)40(5)20-12-19-39(3)4)17-18-28(26)41-29(32-30(46-6)15-11-16-31(32)47-7)22-27(38-41)34(42)37-33(36(44)45)24-13-9-8-10-14-24/h11,15-18,21-24,33H,8-10,12-14,19-20H2,1-7H3,(H,37,42)(H,44,45)/t33-/m0/s1. The lowest BCUT2D eigenvalue weighted by Crippen LogP contribution is -2.46. The number of carboxylic acids is 1. The SMILES string of the molecule is COc1cccc(OC)c1-c1cc(C(=O)N[C@H](C(=O)O)C2CCCCC2)nn1-c1ccc(C(=O)N(C)CCCN(C)C)cc1C(C)C. The van der Waals surface area contributed by atoms with E-state index < -0.39 is 17.9 Å². The van der Waals surface area contributed by atoms with E-state index in [-0.39, 0.29) is 23.4 Å². The number of ether oxygens (including phenoxy) is 2. The lowest BCUT2D eigenvalue weighted by molar-refractivity contribution is -0.141. The maximum atomic E-state index is 13.7. The van der Waals surface area contributed by atoms with E-state index in [9.17, 15) is 19.5 Å². The van der Waals surface area contributed by atoms with Crippen molar-refractivity contribution in [1.29, 1.82) is 0 Å². The summed E-state index contributed by atoms with van der Waals surface area (Å²) in [7, 11) is 8.95. The largest absolute Gasteiger partial charge is 0.496 e. The summed E-state index contributed by atoms with van der Waals surface area (Å²) in [4.78, 5) is 43.3. The topological polar surface area (TPSA) is 126 Å². The molecule has 254 valence electrons. The van der Waals surface area contributed by atoms with Crippen molar-refractivity contribution in [1.82, 2.24) is 24.9 Å². The van der Waals surface area contributed by atoms with E-state index in [2.05, 4.69) is 10.2 Å². The molecule has 11 nitrogen and oxygen atoms in total. The van der Waals surface area contributed by atoms with Gasteiger partial charge in [0.15, 0.2) is 5.69 Å². The van der Waals surface area contributed by atoms with Crippen molar-refractivity contribution in [3.8, 4) is 28.4 Å². The molecule has 2 aromatic carbocycles. The molecule has 1 fully saturated rings. The number of carbonyl (C=O) groups is 3.